The summed E-state index contributed by atoms with van der Waals surface area (Å²) in [5.74, 6) is 1.75. The number of hydrogen-bond donors (Lipinski definition) is 1. The monoisotopic (exact) mass is 237 g/mol. The van der Waals surface area contributed by atoms with Crippen molar-refractivity contribution in [2.45, 2.75) is 38.8 Å². The summed E-state index contributed by atoms with van der Waals surface area (Å²) in [5.41, 5.74) is 0. The lowest BCUT2D eigenvalue weighted by Crippen LogP contribution is -2.41. The number of nitrogens with one attached hydrogen (secondary N) is 1. The molecule has 0 radical (unpaired) electrons. The van der Waals surface area contributed by atoms with E-state index in [4.69, 9.17) is 4.74 Å². The van der Waals surface area contributed by atoms with E-state index >= 15 is 0 Å². The second kappa shape index (κ2) is 5.65. The van der Waals surface area contributed by atoms with E-state index in [1.165, 1.54) is 0 Å². The molecule has 3 unspecified atom stereocenters. The van der Waals surface area contributed by atoms with Gasteiger partial charge in [-0.25, -0.2) is 4.98 Å². The van der Waals surface area contributed by atoms with Gasteiger partial charge < -0.3 is 14.6 Å². The summed E-state index contributed by atoms with van der Waals surface area (Å²) in [6, 6.07) is 0.471. The van der Waals surface area contributed by atoms with Gasteiger partial charge in [0.15, 0.2) is 0 Å². The zero-order valence-corrected chi connectivity index (χ0v) is 11.0. The van der Waals surface area contributed by atoms with Gasteiger partial charge in [0.1, 0.15) is 5.82 Å². The van der Waals surface area contributed by atoms with E-state index in [1.54, 1.807) is 0 Å². The van der Waals surface area contributed by atoms with Crippen LogP contribution in [0.3, 0.4) is 0 Å². The smallest absolute Gasteiger partial charge is 0.109 e. The lowest BCUT2D eigenvalue weighted by molar-refractivity contribution is 0.0953. The highest BCUT2D eigenvalue weighted by Crippen LogP contribution is 2.25. The van der Waals surface area contributed by atoms with Gasteiger partial charge in [-0.2, -0.15) is 0 Å². The maximum Gasteiger partial charge on any atom is 0.109 e. The van der Waals surface area contributed by atoms with Crippen molar-refractivity contribution >= 4 is 0 Å². The molecule has 96 valence electrons. The number of aryl methyl sites for hydroxylation is 1. The molecule has 1 aromatic heterocycles. The third-order valence-electron chi connectivity index (χ3n) is 3.74. The van der Waals surface area contributed by atoms with Crippen LogP contribution in [0.2, 0.25) is 0 Å². The van der Waals surface area contributed by atoms with Crippen molar-refractivity contribution in [3.8, 4) is 0 Å². The van der Waals surface area contributed by atoms with Gasteiger partial charge in [-0.1, -0.05) is 6.92 Å². The third kappa shape index (κ3) is 2.87. The van der Waals surface area contributed by atoms with Gasteiger partial charge in [-0.3, -0.25) is 0 Å². The van der Waals surface area contributed by atoms with Crippen LogP contribution < -0.4 is 5.32 Å². The second-order valence-electron chi connectivity index (χ2n) is 4.85. The molecule has 4 nitrogen and oxygen atoms in total. The summed E-state index contributed by atoms with van der Waals surface area (Å²) in [7, 11) is 2.06. The number of nitrogens with zero attached hydrogens (tertiary/aromatic N) is 2. The largest absolute Gasteiger partial charge is 0.378 e. The first-order chi connectivity index (χ1) is 8.22. The summed E-state index contributed by atoms with van der Waals surface area (Å²) < 4.78 is 7.78. The summed E-state index contributed by atoms with van der Waals surface area (Å²) in [6.07, 6.45) is 6.37. The molecular weight excluding hydrogens is 214 g/mol. The molecule has 2 heterocycles. The molecule has 4 heteroatoms. The summed E-state index contributed by atoms with van der Waals surface area (Å²) in [6.45, 7) is 6.24. The second-order valence-corrected chi connectivity index (χ2v) is 4.85. The summed E-state index contributed by atoms with van der Waals surface area (Å²) in [5, 5.41) is 3.59. The number of rotatable bonds is 5. The Morgan fingerprint density at radius 3 is 3.00 bits per heavy atom. The van der Waals surface area contributed by atoms with Crippen molar-refractivity contribution in [2.24, 2.45) is 13.0 Å². The van der Waals surface area contributed by atoms with Crippen LogP contribution >= 0.6 is 0 Å². The van der Waals surface area contributed by atoms with E-state index in [2.05, 4.69) is 35.8 Å². The predicted molar refractivity (Wildman–Crippen MR) is 67.9 cm³/mol. The van der Waals surface area contributed by atoms with Crippen LogP contribution in [0.25, 0.3) is 0 Å². The molecule has 0 aliphatic carbocycles. The Balaban J connectivity index is 2.04. The Bertz CT molecular complexity index is 350. The number of hydrogen-bond acceptors (Lipinski definition) is 3. The van der Waals surface area contributed by atoms with Crippen molar-refractivity contribution in [3.63, 3.8) is 0 Å². The topological polar surface area (TPSA) is 39.1 Å². The molecule has 3 atom stereocenters. The first-order valence-corrected chi connectivity index (χ1v) is 6.53. The molecule has 1 N–H and O–H groups in total. The SMILES string of the molecule is CCNC(Cc1nccn1C)C1CCOC1C. The molecular formula is C13H23N3O. The molecule has 0 bridgehead atoms. The standard InChI is InChI=1S/C13H23N3O/c1-4-14-12(11-5-8-17-10(11)2)9-13-15-6-7-16(13)3/h6-7,10-12,14H,4-5,8-9H2,1-3H3. The fourth-order valence-electron chi connectivity index (χ4n) is 2.70. The molecule has 0 amide bonds. The van der Waals surface area contributed by atoms with Gasteiger partial charge in [-0.05, 0) is 19.9 Å². The first-order valence-electron chi connectivity index (χ1n) is 6.53. The van der Waals surface area contributed by atoms with Crippen LogP contribution in [0, 0.1) is 5.92 Å². The molecule has 0 saturated carbocycles. The van der Waals surface area contributed by atoms with Gasteiger partial charge in [0.25, 0.3) is 0 Å². The average molecular weight is 237 g/mol. The van der Waals surface area contributed by atoms with E-state index in [0.717, 1.165) is 31.8 Å². The normalized spacial score (nSPS) is 26.3. The zero-order chi connectivity index (χ0) is 12.3. The molecule has 1 aromatic rings. The highest BCUT2D eigenvalue weighted by molar-refractivity contribution is 4.97. The molecule has 0 aromatic carbocycles. The summed E-state index contributed by atoms with van der Waals surface area (Å²) >= 11 is 0. The van der Waals surface area contributed by atoms with E-state index in [-0.39, 0.29) is 0 Å². The number of likely N-dealkylation sites (N-methyl/N-ethyl adjacent to an activating group) is 1. The van der Waals surface area contributed by atoms with Crippen molar-refractivity contribution in [1.82, 2.24) is 14.9 Å². The van der Waals surface area contributed by atoms with Crippen molar-refractivity contribution < 1.29 is 4.74 Å². The third-order valence-corrected chi connectivity index (χ3v) is 3.74. The molecule has 17 heavy (non-hydrogen) atoms. The van der Waals surface area contributed by atoms with Gasteiger partial charge in [-0.15, -0.1) is 0 Å². The molecule has 1 fully saturated rings. The molecule has 1 saturated heterocycles. The fourth-order valence-corrected chi connectivity index (χ4v) is 2.70. The molecule has 1 aliphatic rings. The molecule has 1 aliphatic heterocycles. The van der Waals surface area contributed by atoms with Gasteiger partial charge in [0.2, 0.25) is 0 Å². The average Bonchev–Trinajstić information content (AvgIpc) is 2.88. The van der Waals surface area contributed by atoms with E-state index in [0.29, 0.717) is 18.1 Å². The maximum absolute atomic E-state index is 5.67. The van der Waals surface area contributed by atoms with Gasteiger partial charge in [0.05, 0.1) is 6.10 Å². The lowest BCUT2D eigenvalue weighted by atomic mass is 9.91. The number of aromatic nitrogens is 2. The van der Waals surface area contributed by atoms with Gasteiger partial charge in [0, 0.05) is 44.4 Å². The lowest BCUT2D eigenvalue weighted by Gasteiger charge is -2.26. The van der Waals surface area contributed by atoms with Crippen LogP contribution in [0.4, 0.5) is 0 Å². The quantitative estimate of drug-likeness (QED) is 0.840. The zero-order valence-electron chi connectivity index (χ0n) is 11.0. The van der Waals surface area contributed by atoms with Crippen LogP contribution in [0.5, 0.6) is 0 Å². The minimum Gasteiger partial charge on any atom is -0.378 e. The van der Waals surface area contributed by atoms with E-state index < -0.39 is 0 Å². The van der Waals surface area contributed by atoms with Crippen molar-refractivity contribution in [3.05, 3.63) is 18.2 Å². The fraction of sp³-hybridized carbons (Fsp3) is 0.769. The minimum atomic E-state index is 0.360. The molecule has 0 spiro atoms. The minimum absolute atomic E-state index is 0.360. The Morgan fingerprint density at radius 2 is 2.47 bits per heavy atom. The van der Waals surface area contributed by atoms with E-state index in [1.807, 2.05) is 12.4 Å². The Labute approximate surface area is 103 Å². The maximum atomic E-state index is 5.67. The summed E-state index contributed by atoms with van der Waals surface area (Å²) in [4.78, 5) is 4.42. The number of ether oxygens (including phenoxy) is 1. The first kappa shape index (κ1) is 12.6. The Hall–Kier alpha value is -0.870. The van der Waals surface area contributed by atoms with Crippen molar-refractivity contribution in [2.75, 3.05) is 13.2 Å². The predicted octanol–water partition coefficient (Wildman–Crippen LogP) is 1.37. The van der Waals surface area contributed by atoms with Crippen LogP contribution in [-0.4, -0.2) is 34.8 Å². The van der Waals surface area contributed by atoms with E-state index in [9.17, 15) is 0 Å². The van der Waals surface area contributed by atoms with Crippen molar-refractivity contribution in [1.29, 1.82) is 0 Å². The Kier molecular flexibility index (Phi) is 4.18. The highest BCUT2D eigenvalue weighted by atomic mass is 16.5. The Morgan fingerprint density at radius 1 is 1.65 bits per heavy atom. The van der Waals surface area contributed by atoms with Crippen LogP contribution in [-0.2, 0) is 18.2 Å². The molecule has 2 rings (SSSR count). The highest BCUT2D eigenvalue weighted by Gasteiger charge is 2.31. The van der Waals surface area contributed by atoms with Crippen LogP contribution in [0.15, 0.2) is 12.4 Å². The number of imidazole rings is 1. The van der Waals surface area contributed by atoms with Gasteiger partial charge >= 0.3 is 0 Å². The van der Waals surface area contributed by atoms with Crippen LogP contribution in [0.1, 0.15) is 26.1 Å².